The predicted octanol–water partition coefficient (Wildman–Crippen LogP) is 6.91. The first-order chi connectivity index (χ1) is 21.9. The Balaban J connectivity index is 1.33. The Hall–Kier alpha value is -4.22. The van der Waals surface area contributed by atoms with Gasteiger partial charge in [0.2, 0.25) is 0 Å². The van der Waals surface area contributed by atoms with Crippen molar-refractivity contribution in [1.29, 1.82) is 0 Å². The summed E-state index contributed by atoms with van der Waals surface area (Å²) in [6.45, 7) is 3.66. The number of fused-ring (bicyclic) bond motifs is 2. The van der Waals surface area contributed by atoms with E-state index in [-0.39, 0.29) is 22.6 Å². The highest BCUT2D eigenvalue weighted by Crippen LogP contribution is 2.53. The largest absolute Gasteiger partial charge is 0.416 e. The maximum atomic E-state index is 14.1. The second kappa shape index (κ2) is 12.2. The predicted molar refractivity (Wildman–Crippen MR) is 167 cm³/mol. The van der Waals surface area contributed by atoms with Gasteiger partial charge in [-0.05, 0) is 98.1 Å². The summed E-state index contributed by atoms with van der Waals surface area (Å²) in [6.07, 6.45) is -3.33. The van der Waals surface area contributed by atoms with E-state index in [0.717, 1.165) is 24.7 Å². The van der Waals surface area contributed by atoms with E-state index < -0.39 is 44.9 Å². The number of rotatable bonds is 7. The number of nitrogens with zero attached hydrogens (tertiary/aromatic N) is 2. The fourth-order valence-electron chi connectivity index (χ4n) is 6.85. The van der Waals surface area contributed by atoms with Gasteiger partial charge >= 0.3 is 6.18 Å². The molecule has 4 aromatic carbocycles. The van der Waals surface area contributed by atoms with E-state index in [2.05, 4.69) is 22.3 Å². The van der Waals surface area contributed by atoms with Crippen molar-refractivity contribution in [2.45, 2.75) is 55.4 Å². The van der Waals surface area contributed by atoms with Crippen LogP contribution in [0.1, 0.15) is 52.4 Å². The van der Waals surface area contributed by atoms with Crippen LogP contribution in [0.4, 0.5) is 23.2 Å². The highest BCUT2D eigenvalue weighted by molar-refractivity contribution is 7.92. The van der Waals surface area contributed by atoms with E-state index in [4.69, 9.17) is 0 Å². The molecule has 0 saturated carbocycles. The molecule has 1 N–H and O–H groups in total. The lowest BCUT2D eigenvalue weighted by atomic mass is 9.70. The second-order valence-corrected chi connectivity index (χ2v) is 13.7. The van der Waals surface area contributed by atoms with Crippen molar-refractivity contribution >= 4 is 21.6 Å². The number of amides is 1. The van der Waals surface area contributed by atoms with E-state index in [9.17, 15) is 30.8 Å². The van der Waals surface area contributed by atoms with Crippen LogP contribution in [0.15, 0.2) is 102 Å². The van der Waals surface area contributed by atoms with Crippen molar-refractivity contribution in [1.82, 2.24) is 10.2 Å². The molecule has 1 unspecified atom stereocenters. The van der Waals surface area contributed by atoms with Gasteiger partial charge in [0.05, 0.1) is 22.2 Å². The van der Waals surface area contributed by atoms with Crippen LogP contribution in [-0.2, 0) is 34.7 Å². The molecule has 0 aromatic heterocycles. The van der Waals surface area contributed by atoms with Crippen LogP contribution in [-0.4, -0.2) is 38.4 Å². The molecule has 11 heteroatoms. The summed E-state index contributed by atoms with van der Waals surface area (Å²) in [5.41, 5.74) is 1.03. The lowest BCUT2D eigenvalue weighted by Gasteiger charge is -2.43. The smallest absolute Gasteiger partial charge is 0.348 e. The van der Waals surface area contributed by atoms with Gasteiger partial charge in [0.25, 0.3) is 15.9 Å². The first-order valence-electron chi connectivity index (χ1n) is 15.0. The number of alkyl halides is 3. The molecule has 1 atom stereocenters. The SMILES string of the molecule is CC1N(S(=O)(=O)c2ccc(F)cc2)c2ccc(C(=O)NCc3ccccc3C(F)(F)F)cc2C12CCN(Cc1ccccc1)CC2. The van der Waals surface area contributed by atoms with Crippen molar-refractivity contribution in [2.24, 2.45) is 0 Å². The third-order valence-corrected chi connectivity index (χ3v) is 11.2. The maximum absolute atomic E-state index is 14.1. The molecule has 6 rings (SSSR count). The first kappa shape index (κ1) is 31.7. The summed E-state index contributed by atoms with van der Waals surface area (Å²) in [7, 11) is -4.11. The van der Waals surface area contributed by atoms with E-state index in [1.54, 1.807) is 12.1 Å². The van der Waals surface area contributed by atoms with Gasteiger partial charge in [-0.2, -0.15) is 13.2 Å². The number of anilines is 1. The molecule has 0 bridgehead atoms. The van der Waals surface area contributed by atoms with Crippen LogP contribution in [0.25, 0.3) is 0 Å². The van der Waals surface area contributed by atoms with Crippen LogP contribution in [0.2, 0.25) is 0 Å². The van der Waals surface area contributed by atoms with Gasteiger partial charge < -0.3 is 5.32 Å². The summed E-state index contributed by atoms with van der Waals surface area (Å²) in [6, 6.07) is 24.1. The number of carbonyl (C=O) groups excluding carboxylic acids is 1. The maximum Gasteiger partial charge on any atom is 0.416 e. The zero-order valence-electron chi connectivity index (χ0n) is 25.1. The molecular formula is C35H33F4N3O3S. The van der Waals surface area contributed by atoms with Gasteiger partial charge in [0, 0.05) is 24.1 Å². The molecule has 2 heterocycles. The number of halogens is 4. The average Bonchev–Trinajstić information content (AvgIpc) is 3.28. The molecule has 240 valence electrons. The van der Waals surface area contributed by atoms with Crippen molar-refractivity contribution < 1.29 is 30.8 Å². The lowest BCUT2D eigenvalue weighted by Crippen LogP contribution is -2.51. The van der Waals surface area contributed by atoms with Crippen molar-refractivity contribution in [3.05, 3.63) is 131 Å². The monoisotopic (exact) mass is 651 g/mol. The topological polar surface area (TPSA) is 69.7 Å². The average molecular weight is 652 g/mol. The van der Waals surface area contributed by atoms with Gasteiger partial charge in [-0.15, -0.1) is 0 Å². The quantitative estimate of drug-likeness (QED) is 0.221. The molecule has 0 aliphatic carbocycles. The van der Waals surface area contributed by atoms with Gasteiger partial charge in [-0.1, -0.05) is 48.5 Å². The number of hydrogen-bond acceptors (Lipinski definition) is 4. The molecule has 2 aliphatic rings. The molecule has 0 radical (unpaired) electrons. The third kappa shape index (κ3) is 5.89. The number of likely N-dealkylation sites (tertiary alicyclic amines) is 1. The Morgan fingerprint density at radius 2 is 1.57 bits per heavy atom. The Morgan fingerprint density at radius 1 is 0.913 bits per heavy atom. The molecule has 1 saturated heterocycles. The molecule has 2 aliphatic heterocycles. The standard InChI is InChI=1S/C35H33F4N3O3S/c1-24-34(17-19-41(20-18-34)23-25-7-3-2-4-8-25)31-21-26(33(43)40-22-27-9-5-6-10-30(27)35(37,38)39)11-16-32(31)42(24)46(44,45)29-14-12-28(36)13-15-29/h2-16,21,24H,17-20,22-23H2,1H3,(H,40,43). The highest BCUT2D eigenvalue weighted by Gasteiger charge is 2.53. The first-order valence-corrected chi connectivity index (χ1v) is 16.5. The van der Waals surface area contributed by atoms with Crippen molar-refractivity contribution in [2.75, 3.05) is 17.4 Å². The normalized spacial score (nSPS) is 18.0. The highest BCUT2D eigenvalue weighted by atomic mass is 32.2. The summed E-state index contributed by atoms with van der Waals surface area (Å²) >= 11 is 0. The van der Waals surface area contributed by atoms with Crippen LogP contribution >= 0.6 is 0 Å². The lowest BCUT2D eigenvalue weighted by molar-refractivity contribution is -0.138. The summed E-state index contributed by atoms with van der Waals surface area (Å²) in [5.74, 6) is -1.12. The van der Waals surface area contributed by atoms with Crippen LogP contribution in [0.5, 0.6) is 0 Å². The van der Waals surface area contributed by atoms with Crippen molar-refractivity contribution in [3.63, 3.8) is 0 Å². The summed E-state index contributed by atoms with van der Waals surface area (Å²) < 4.78 is 83.8. The molecule has 1 amide bonds. The Bertz CT molecular complexity index is 1840. The number of hydrogen-bond donors (Lipinski definition) is 1. The number of benzene rings is 4. The molecule has 4 aromatic rings. The molecule has 1 fully saturated rings. The Kier molecular flexibility index (Phi) is 8.41. The van der Waals surface area contributed by atoms with Gasteiger partial charge in [0.1, 0.15) is 5.82 Å². The molecular weight excluding hydrogens is 618 g/mol. The number of sulfonamides is 1. The fraction of sp³-hybridized carbons (Fsp3) is 0.286. The zero-order valence-corrected chi connectivity index (χ0v) is 25.9. The van der Waals surface area contributed by atoms with Crippen LogP contribution in [0, 0.1) is 5.82 Å². The second-order valence-electron chi connectivity index (χ2n) is 11.9. The molecule has 6 nitrogen and oxygen atoms in total. The molecule has 1 spiro atoms. The van der Waals surface area contributed by atoms with Gasteiger partial charge in [-0.25, -0.2) is 12.8 Å². The van der Waals surface area contributed by atoms with E-state index in [1.165, 1.54) is 46.3 Å². The minimum Gasteiger partial charge on any atom is -0.348 e. The van der Waals surface area contributed by atoms with Crippen molar-refractivity contribution in [3.8, 4) is 0 Å². The fourth-order valence-corrected chi connectivity index (χ4v) is 8.59. The Labute approximate surface area is 265 Å². The minimum atomic E-state index is -4.56. The van der Waals surface area contributed by atoms with E-state index in [0.29, 0.717) is 37.2 Å². The number of nitrogens with one attached hydrogen (secondary N) is 1. The zero-order chi connectivity index (χ0) is 32.7. The van der Waals surface area contributed by atoms with Gasteiger partial charge in [-0.3, -0.25) is 14.0 Å². The minimum absolute atomic E-state index is 0.0459. The number of carbonyl (C=O) groups is 1. The third-order valence-electron chi connectivity index (χ3n) is 9.31. The van der Waals surface area contributed by atoms with E-state index >= 15 is 0 Å². The summed E-state index contributed by atoms with van der Waals surface area (Å²) in [5, 5.41) is 2.61. The van der Waals surface area contributed by atoms with Gasteiger partial charge in [0.15, 0.2) is 0 Å². The molecule has 46 heavy (non-hydrogen) atoms. The van der Waals surface area contributed by atoms with Crippen LogP contribution in [0.3, 0.4) is 0 Å². The number of piperidine rings is 1. The van der Waals surface area contributed by atoms with E-state index in [1.807, 2.05) is 25.1 Å². The van der Waals surface area contributed by atoms with Crippen LogP contribution < -0.4 is 9.62 Å². The Morgan fingerprint density at radius 3 is 2.24 bits per heavy atom. The summed E-state index contributed by atoms with van der Waals surface area (Å²) in [4.78, 5) is 15.6.